The van der Waals surface area contributed by atoms with Crippen molar-refractivity contribution in [2.75, 3.05) is 5.33 Å². The van der Waals surface area contributed by atoms with Gasteiger partial charge in [0.15, 0.2) is 0 Å². The van der Waals surface area contributed by atoms with Crippen molar-refractivity contribution in [2.24, 2.45) is 11.8 Å². The molecule has 1 fully saturated rings. The first-order valence-corrected chi connectivity index (χ1v) is 7.23. The van der Waals surface area contributed by atoms with Crippen LogP contribution in [-0.2, 0) is 11.2 Å². The number of hydrogen-bond donors (Lipinski definition) is 1. The molecule has 1 aromatic carbocycles. The molecule has 1 aromatic rings. The van der Waals surface area contributed by atoms with Gasteiger partial charge in [0.1, 0.15) is 0 Å². The molecule has 0 aliphatic heterocycles. The van der Waals surface area contributed by atoms with Gasteiger partial charge in [-0.25, -0.2) is 0 Å². The van der Waals surface area contributed by atoms with Crippen molar-refractivity contribution >= 4 is 21.8 Å². The van der Waals surface area contributed by atoms with Crippen LogP contribution in [0, 0.1) is 11.8 Å². The standard InChI is InChI=1S/C14H18BrNO/c1-10-7-13(10)14(17)16-12(9-15)8-11-5-3-2-4-6-11/h2-6,10,12-13H,7-9H2,1H3,(H,16,17). The van der Waals surface area contributed by atoms with Crippen molar-refractivity contribution < 1.29 is 4.79 Å². The normalized spacial score (nSPS) is 24.1. The molecule has 1 aliphatic rings. The van der Waals surface area contributed by atoms with Gasteiger partial charge in [-0.3, -0.25) is 4.79 Å². The molecule has 17 heavy (non-hydrogen) atoms. The van der Waals surface area contributed by atoms with E-state index in [0.717, 1.165) is 18.2 Å². The van der Waals surface area contributed by atoms with Crippen LogP contribution in [0.5, 0.6) is 0 Å². The molecule has 2 nitrogen and oxygen atoms in total. The number of halogens is 1. The summed E-state index contributed by atoms with van der Waals surface area (Å²) < 4.78 is 0. The number of amides is 1. The molecule has 3 atom stereocenters. The number of rotatable bonds is 5. The summed E-state index contributed by atoms with van der Waals surface area (Å²) in [5.74, 6) is 1.05. The molecule has 3 unspecified atom stereocenters. The number of carbonyl (C=O) groups is 1. The predicted octanol–water partition coefficient (Wildman–Crippen LogP) is 2.76. The largest absolute Gasteiger partial charge is 0.352 e. The van der Waals surface area contributed by atoms with Crippen LogP contribution in [0.1, 0.15) is 18.9 Å². The van der Waals surface area contributed by atoms with Crippen LogP contribution in [0.15, 0.2) is 30.3 Å². The lowest BCUT2D eigenvalue weighted by molar-refractivity contribution is -0.123. The lowest BCUT2D eigenvalue weighted by Gasteiger charge is -2.16. The average molecular weight is 296 g/mol. The van der Waals surface area contributed by atoms with E-state index in [-0.39, 0.29) is 17.9 Å². The molecule has 3 heteroatoms. The molecule has 1 aliphatic carbocycles. The molecule has 0 aromatic heterocycles. The Morgan fingerprint density at radius 2 is 2.12 bits per heavy atom. The lowest BCUT2D eigenvalue weighted by Crippen LogP contribution is -2.38. The van der Waals surface area contributed by atoms with E-state index < -0.39 is 0 Å². The van der Waals surface area contributed by atoms with Crippen molar-refractivity contribution in [2.45, 2.75) is 25.8 Å². The van der Waals surface area contributed by atoms with E-state index in [0.29, 0.717) is 5.92 Å². The zero-order chi connectivity index (χ0) is 12.3. The van der Waals surface area contributed by atoms with E-state index in [1.807, 2.05) is 18.2 Å². The Balaban J connectivity index is 1.86. The van der Waals surface area contributed by atoms with Crippen molar-refractivity contribution in [3.05, 3.63) is 35.9 Å². The monoisotopic (exact) mass is 295 g/mol. The molecule has 2 rings (SSSR count). The van der Waals surface area contributed by atoms with Crippen LogP contribution < -0.4 is 5.32 Å². The van der Waals surface area contributed by atoms with E-state index in [9.17, 15) is 4.79 Å². The van der Waals surface area contributed by atoms with Gasteiger partial charge in [0, 0.05) is 17.3 Å². The van der Waals surface area contributed by atoms with Crippen LogP contribution >= 0.6 is 15.9 Å². The maximum atomic E-state index is 11.8. The SMILES string of the molecule is CC1CC1C(=O)NC(CBr)Cc1ccccc1. The van der Waals surface area contributed by atoms with Crippen molar-refractivity contribution in [3.63, 3.8) is 0 Å². The van der Waals surface area contributed by atoms with Crippen LogP contribution in [0.4, 0.5) is 0 Å². The molecule has 0 saturated heterocycles. The second-order valence-electron chi connectivity index (χ2n) is 4.87. The topological polar surface area (TPSA) is 29.1 Å². The Kier molecular flexibility index (Phi) is 4.21. The molecular weight excluding hydrogens is 278 g/mol. The van der Waals surface area contributed by atoms with E-state index in [1.54, 1.807) is 0 Å². The smallest absolute Gasteiger partial charge is 0.223 e. The first-order chi connectivity index (χ1) is 8.20. The zero-order valence-electron chi connectivity index (χ0n) is 10.0. The highest BCUT2D eigenvalue weighted by molar-refractivity contribution is 9.09. The maximum Gasteiger partial charge on any atom is 0.223 e. The van der Waals surface area contributed by atoms with Gasteiger partial charge in [0.2, 0.25) is 5.91 Å². The van der Waals surface area contributed by atoms with Crippen LogP contribution in [0.2, 0.25) is 0 Å². The third-order valence-electron chi connectivity index (χ3n) is 3.30. The van der Waals surface area contributed by atoms with Gasteiger partial charge in [-0.05, 0) is 24.3 Å². The molecule has 1 N–H and O–H groups in total. The first kappa shape index (κ1) is 12.6. The van der Waals surface area contributed by atoms with Crippen molar-refractivity contribution in [3.8, 4) is 0 Å². The fourth-order valence-corrected chi connectivity index (χ4v) is 2.43. The Morgan fingerprint density at radius 3 is 2.65 bits per heavy atom. The number of carbonyl (C=O) groups excluding carboxylic acids is 1. The average Bonchev–Trinajstić information content (AvgIpc) is 3.07. The maximum absolute atomic E-state index is 11.8. The van der Waals surface area contributed by atoms with Gasteiger partial charge in [-0.15, -0.1) is 0 Å². The van der Waals surface area contributed by atoms with Gasteiger partial charge in [0.05, 0.1) is 0 Å². The summed E-state index contributed by atoms with van der Waals surface area (Å²) in [5, 5.41) is 3.92. The molecule has 0 spiro atoms. The minimum Gasteiger partial charge on any atom is -0.352 e. The highest BCUT2D eigenvalue weighted by Gasteiger charge is 2.39. The summed E-state index contributed by atoms with van der Waals surface area (Å²) in [5.41, 5.74) is 1.26. The van der Waals surface area contributed by atoms with Crippen molar-refractivity contribution in [1.82, 2.24) is 5.32 Å². The minimum absolute atomic E-state index is 0.192. The first-order valence-electron chi connectivity index (χ1n) is 6.11. The summed E-state index contributed by atoms with van der Waals surface area (Å²) in [4.78, 5) is 11.8. The Bertz CT molecular complexity index is 379. The molecular formula is C14H18BrNO. The quantitative estimate of drug-likeness (QED) is 0.832. The summed E-state index contributed by atoms with van der Waals surface area (Å²) in [6.07, 6.45) is 1.94. The van der Waals surface area contributed by atoms with E-state index in [1.165, 1.54) is 5.56 Å². The number of hydrogen-bond acceptors (Lipinski definition) is 1. The van der Waals surface area contributed by atoms with E-state index in [4.69, 9.17) is 0 Å². The fourth-order valence-electron chi connectivity index (χ4n) is 2.04. The van der Waals surface area contributed by atoms with Gasteiger partial charge >= 0.3 is 0 Å². The summed E-state index contributed by atoms with van der Waals surface area (Å²) >= 11 is 3.47. The highest BCUT2D eigenvalue weighted by atomic mass is 79.9. The molecule has 0 radical (unpaired) electrons. The Hall–Kier alpha value is -0.830. The van der Waals surface area contributed by atoms with Gasteiger partial charge in [-0.2, -0.15) is 0 Å². The third-order valence-corrected chi connectivity index (χ3v) is 4.09. The van der Waals surface area contributed by atoms with Crippen LogP contribution in [0.25, 0.3) is 0 Å². The molecule has 0 heterocycles. The fraction of sp³-hybridized carbons (Fsp3) is 0.500. The molecule has 92 valence electrons. The second-order valence-corrected chi connectivity index (χ2v) is 5.52. The van der Waals surface area contributed by atoms with Gasteiger partial charge < -0.3 is 5.32 Å². The van der Waals surface area contributed by atoms with E-state index >= 15 is 0 Å². The summed E-state index contributed by atoms with van der Waals surface area (Å²) in [6, 6.07) is 10.5. The van der Waals surface area contributed by atoms with E-state index in [2.05, 4.69) is 40.3 Å². The Morgan fingerprint density at radius 1 is 1.47 bits per heavy atom. The predicted molar refractivity (Wildman–Crippen MR) is 73.1 cm³/mol. The Labute approximate surface area is 111 Å². The highest BCUT2D eigenvalue weighted by Crippen LogP contribution is 2.37. The molecule has 1 amide bonds. The van der Waals surface area contributed by atoms with Gasteiger partial charge in [0.25, 0.3) is 0 Å². The lowest BCUT2D eigenvalue weighted by atomic mass is 10.1. The number of nitrogens with one attached hydrogen (secondary N) is 1. The second kappa shape index (κ2) is 5.67. The third kappa shape index (κ3) is 3.56. The summed E-state index contributed by atoms with van der Waals surface area (Å²) in [7, 11) is 0. The molecule has 1 saturated carbocycles. The number of benzene rings is 1. The minimum atomic E-state index is 0.192. The van der Waals surface area contributed by atoms with Gasteiger partial charge in [-0.1, -0.05) is 53.2 Å². The zero-order valence-corrected chi connectivity index (χ0v) is 11.6. The summed E-state index contributed by atoms with van der Waals surface area (Å²) in [6.45, 7) is 2.13. The van der Waals surface area contributed by atoms with Crippen LogP contribution in [-0.4, -0.2) is 17.3 Å². The number of alkyl halides is 1. The van der Waals surface area contributed by atoms with Crippen molar-refractivity contribution in [1.29, 1.82) is 0 Å². The van der Waals surface area contributed by atoms with Crippen LogP contribution in [0.3, 0.4) is 0 Å². The molecule has 0 bridgehead atoms.